The first-order valence-corrected chi connectivity index (χ1v) is 9.35. The number of carbonyl (C=O) groups excluding carboxylic acids is 1. The van der Waals surface area contributed by atoms with Gasteiger partial charge in [-0.15, -0.1) is 0 Å². The highest BCUT2D eigenvalue weighted by Gasteiger charge is 2.97. The lowest BCUT2D eigenvalue weighted by atomic mass is 9.85. The van der Waals surface area contributed by atoms with Gasteiger partial charge in [0.25, 0.3) is 0 Å². The van der Waals surface area contributed by atoms with Gasteiger partial charge in [0.15, 0.2) is 6.17 Å². The van der Waals surface area contributed by atoms with E-state index in [4.69, 9.17) is 5.11 Å². The van der Waals surface area contributed by atoms with Crippen molar-refractivity contribution in [1.82, 2.24) is 0 Å². The molecule has 1 unspecified atom stereocenters. The van der Waals surface area contributed by atoms with Gasteiger partial charge in [-0.3, -0.25) is 0 Å². The Hall–Kier alpha value is -2.65. The van der Waals surface area contributed by atoms with Gasteiger partial charge in [0.05, 0.1) is 0 Å². The van der Waals surface area contributed by atoms with Crippen LogP contribution in [0.2, 0.25) is 0 Å². The molecule has 0 aromatic carbocycles. The summed E-state index contributed by atoms with van der Waals surface area (Å²) in [6, 6.07) is 0. The van der Waals surface area contributed by atoms with E-state index < -0.39 is 89.7 Å². The number of hydrogen-bond acceptors (Lipinski definition) is 3. The summed E-state index contributed by atoms with van der Waals surface area (Å²) in [5.41, 5.74) is 0. The maximum absolute atomic E-state index is 13.7. The van der Waals surface area contributed by atoms with E-state index in [2.05, 4.69) is 4.74 Å². The van der Waals surface area contributed by atoms with Crippen molar-refractivity contribution in [3.63, 3.8) is 0 Å². The van der Waals surface area contributed by atoms with Gasteiger partial charge in [0.1, 0.15) is 0 Å². The van der Waals surface area contributed by atoms with Crippen LogP contribution in [-0.4, -0.2) is 76.7 Å². The number of ether oxygens (including phenoxy) is 1. The minimum Gasteiger partial charge on any atom is -0.478 e. The van der Waals surface area contributed by atoms with E-state index in [0.29, 0.717) is 0 Å². The molecule has 0 aliphatic rings. The second kappa shape index (κ2) is 10.3. The minimum atomic E-state index is -9.08. The quantitative estimate of drug-likeness (QED) is 0.136. The molecule has 236 valence electrons. The van der Waals surface area contributed by atoms with Crippen LogP contribution in [0.3, 0.4) is 0 Å². The van der Waals surface area contributed by atoms with Crippen molar-refractivity contribution in [3.05, 3.63) is 12.2 Å². The minimum absolute atomic E-state index is 0.195. The Morgan fingerprint density at radius 1 is 0.575 bits per heavy atom. The van der Waals surface area contributed by atoms with Gasteiger partial charge in [-0.05, 0) is 5.92 Å². The van der Waals surface area contributed by atoms with Crippen molar-refractivity contribution in [2.45, 2.75) is 73.5 Å². The van der Waals surface area contributed by atoms with E-state index in [-0.39, 0.29) is 13.8 Å². The summed E-state index contributed by atoms with van der Waals surface area (Å²) in [6.07, 6.45) is -13.5. The zero-order valence-electron chi connectivity index (χ0n) is 18.7. The molecule has 0 heterocycles. The largest absolute Gasteiger partial charge is 0.478 e. The van der Waals surface area contributed by atoms with Crippen molar-refractivity contribution >= 4 is 11.9 Å². The molecule has 1 atom stereocenters. The molecule has 0 fully saturated rings. The van der Waals surface area contributed by atoms with E-state index in [9.17, 15) is 93.0 Å². The average molecular weight is 640 g/mol. The van der Waals surface area contributed by atoms with Crippen LogP contribution in [0.15, 0.2) is 12.2 Å². The summed E-state index contributed by atoms with van der Waals surface area (Å²) in [5.74, 6) is -76.2. The molecule has 1 N–H and O–H groups in total. The number of halogens is 19. The van der Waals surface area contributed by atoms with Crippen LogP contribution in [0.4, 0.5) is 83.4 Å². The van der Waals surface area contributed by atoms with E-state index in [1.165, 1.54) is 0 Å². The first-order valence-electron chi connectivity index (χ1n) is 9.35. The highest BCUT2D eigenvalue weighted by atomic mass is 19.4. The molecule has 0 radical (unpaired) electrons. The maximum atomic E-state index is 13.7. The van der Waals surface area contributed by atoms with E-state index in [1.54, 1.807) is 0 Å². The predicted molar refractivity (Wildman–Crippen MR) is 87.1 cm³/mol. The van der Waals surface area contributed by atoms with Gasteiger partial charge >= 0.3 is 65.4 Å². The van der Waals surface area contributed by atoms with Crippen LogP contribution in [0.25, 0.3) is 0 Å². The number of carboxylic acid groups (broad SMARTS) is 1. The Morgan fingerprint density at radius 3 is 1.18 bits per heavy atom. The van der Waals surface area contributed by atoms with Crippen LogP contribution in [-0.2, 0) is 14.3 Å². The Labute approximate surface area is 207 Å². The topological polar surface area (TPSA) is 63.6 Å². The summed E-state index contributed by atoms with van der Waals surface area (Å²) in [5, 5.41) is 8.07. The predicted octanol–water partition coefficient (Wildman–Crippen LogP) is 6.84. The average Bonchev–Trinajstić information content (AvgIpc) is 2.75. The second-order valence-corrected chi connectivity index (χ2v) is 7.90. The lowest BCUT2D eigenvalue weighted by Gasteiger charge is -2.44. The molecule has 0 spiro atoms. The second-order valence-electron chi connectivity index (χ2n) is 7.90. The van der Waals surface area contributed by atoms with Gasteiger partial charge in [-0.2, -0.15) is 79.0 Å². The molecule has 0 bridgehead atoms. The van der Waals surface area contributed by atoms with Crippen LogP contribution in [0.1, 0.15) is 13.8 Å². The molecule has 0 aromatic rings. The fraction of sp³-hybridized carbons (Fsp3) is 0.765. The van der Waals surface area contributed by atoms with Gasteiger partial charge in [0.2, 0.25) is 0 Å². The summed E-state index contributed by atoms with van der Waals surface area (Å²) < 4.78 is 261. The standard InChI is InChI=1S/C17H11F19O4/c1-5(2)8(18)9(19,20)10(21,22)11(23,24)12(25,26)13(27,28)14(29,30)15(31,32)16(33,34)17(35,36)40-7(39)4-3-6(37)38/h3-5,8H,1-2H3,(H,37,38). The zero-order valence-corrected chi connectivity index (χ0v) is 18.7. The van der Waals surface area contributed by atoms with Crippen molar-refractivity contribution < 1.29 is 103 Å². The van der Waals surface area contributed by atoms with Crippen molar-refractivity contribution in [2.24, 2.45) is 5.92 Å². The number of hydrogen-bond donors (Lipinski definition) is 1. The van der Waals surface area contributed by atoms with E-state index >= 15 is 0 Å². The Bertz CT molecular complexity index is 985. The number of esters is 1. The number of rotatable bonds is 13. The third-order valence-electron chi connectivity index (χ3n) is 4.67. The summed E-state index contributed by atoms with van der Waals surface area (Å²) in [7, 11) is 0. The summed E-state index contributed by atoms with van der Waals surface area (Å²) in [4.78, 5) is 20.9. The summed E-state index contributed by atoms with van der Waals surface area (Å²) in [6.45, 7) is 0.390. The molecular formula is C17H11F19O4. The highest BCUT2D eigenvalue weighted by Crippen LogP contribution is 2.65. The molecule has 0 saturated carbocycles. The van der Waals surface area contributed by atoms with Gasteiger partial charge in [-0.1, -0.05) is 13.8 Å². The molecule has 0 saturated heterocycles. The van der Waals surface area contributed by atoms with Crippen molar-refractivity contribution in [3.8, 4) is 0 Å². The van der Waals surface area contributed by atoms with Gasteiger partial charge in [-0.25, -0.2) is 14.0 Å². The van der Waals surface area contributed by atoms with Crippen LogP contribution < -0.4 is 0 Å². The fourth-order valence-corrected chi connectivity index (χ4v) is 2.33. The molecule has 0 aliphatic heterocycles. The Kier molecular flexibility index (Phi) is 9.63. The maximum Gasteiger partial charge on any atom is 0.473 e. The molecule has 4 nitrogen and oxygen atoms in total. The van der Waals surface area contributed by atoms with Crippen LogP contribution >= 0.6 is 0 Å². The van der Waals surface area contributed by atoms with Crippen LogP contribution in [0, 0.1) is 5.92 Å². The first kappa shape index (κ1) is 37.4. The van der Waals surface area contributed by atoms with Crippen molar-refractivity contribution in [1.29, 1.82) is 0 Å². The fourth-order valence-electron chi connectivity index (χ4n) is 2.33. The Morgan fingerprint density at radius 2 is 0.875 bits per heavy atom. The molecule has 0 amide bonds. The zero-order chi connectivity index (χ0) is 32.9. The van der Waals surface area contributed by atoms with Gasteiger partial charge in [0, 0.05) is 12.2 Å². The van der Waals surface area contributed by atoms with E-state index in [1.807, 2.05) is 0 Å². The van der Waals surface area contributed by atoms with E-state index in [0.717, 1.165) is 0 Å². The number of alkyl halides is 19. The summed E-state index contributed by atoms with van der Waals surface area (Å²) >= 11 is 0. The molecular weight excluding hydrogens is 629 g/mol. The van der Waals surface area contributed by atoms with Crippen LogP contribution in [0.5, 0.6) is 0 Å². The third-order valence-corrected chi connectivity index (χ3v) is 4.67. The van der Waals surface area contributed by atoms with Crippen molar-refractivity contribution in [2.75, 3.05) is 0 Å². The molecule has 23 heteroatoms. The number of carboxylic acids is 1. The normalized spacial score (nSPS) is 16.4. The molecule has 0 aliphatic carbocycles. The Balaban J connectivity index is 6.95. The third kappa shape index (κ3) is 5.22. The monoisotopic (exact) mass is 640 g/mol. The molecule has 0 rings (SSSR count). The van der Waals surface area contributed by atoms with Gasteiger partial charge < -0.3 is 9.84 Å². The lowest BCUT2D eigenvalue weighted by Crippen LogP contribution is -2.76. The number of carbonyl (C=O) groups is 2. The molecule has 40 heavy (non-hydrogen) atoms. The SMILES string of the molecule is CC(C)C(F)C(F)(F)C(F)(F)C(F)(F)C(F)(F)C(F)(F)C(F)(F)C(F)(F)C(F)(F)C(F)(F)OC(=O)C=CC(=O)O. The molecule has 0 aromatic heterocycles. The highest BCUT2D eigenvalue weighted by molar-refractivity contribution is 5.90. The number of aliphatic carboxylic acids is 1. The first-order chi connectivity index (χ1) is 17.2. The lowest BCUT2D eigenvalue weighted by molar-refractivity contribution is -0.475. The smallest absolute Gasteiger partial charge is 0.473 e.